The molecule has 2 heterocycles. The minimum Gasteiger partial charge on any atom is -0.420 e. The van der Waals surface area contributed by atoms with Gasteiger partial charge in [-0.05, 0) is 101 Å². The summed E-state index contributed by atoms with van der Waals surface area (Å²) in [6.45, 7) is 11.0. The summed E-state index contributed by atoms with van der Waals surface area (Å²) in [6.07, 6.45) is 3.12. The molecule has 0 unspecified atom stereocenters. The molecule has 2 aliphatic rings. The molecule has 1 fully saturated rings. The Hall–Kier alpha value is -6.70. The summed E-state index contributed by atoms with van der Waals surface area (Å²) in [5.74, 6) is -9.28. The fourth-order valence-electron chi connectivity index (χ4n) is 7.89. The maximum absolute atomic E-state index is 14.2. The molecular formula is C53H62F4N8O8S. The number of amides is 1. The van der Waals surface area contributed by atoms with Crippen LogP contribution in [0.5, 0.6) is 5.75 Å². The second kappa shape index (κ2) is 25.0. The molecule has 0 spiro atoms. The van der Waals surface area contributed by atoms with Crippen molar-refractivity contribution in [3.05, 3.63) is 113 Å². The Balaban J connectivity index is 1.04. The summed E-state index contributed by atoms with van der Waals surface area (Å²) in [5, 5.41) is 25.5. The number of benzene rings is 4. The van der Waals surface area contributed by atoms with Crippen LogP contribution in [0.3, 0.4) is 0 Å². The van der Waals surface area contributed by atoms with Crippen LogP contribution in [-0.2, 0) is 29.1 Å². The molecular weight excluding hydrogens is 985 g/mol. The van der Waals surface area contributed by atoms with Crippen LogP contribution in [0.2, 0.25) is 0 Å². The average Bonchev–Trinajstić information content (AvgIpc) is 3.52. The Bertz CT molecular complexity index is 2910. The van der Waals surface area contributed by atoms with E-state index in [1.165, 1.54) is 4.31 Å². The van der Waals surface area contributed by atoms with E-state index >= 15 is 0 Å². The Morgan fingerprint density at radius 2 is 1.68 bits per heavy atom. The molecule has 0 bridgehead atoms. The van der Waals surface area contributed by atoms with Crippen LogP contribution >= 0.6 is 0 Å². The monoisotopic (exact) mass is 1050 g/mol. The zero-order valence-corrected chi connectivity index (χ0v) is 42.8. The van der Waals surface area contributed by atoms with Crippen LogP contribution in [0.1, 0.15) is 77.8 Å². The molecule has 6 rings (SSSR count). The van der Waals surface area contributed by atoms with Crippen LogP contribution in [0.15, 0.2) is 93.2 Å². The third kappa shape index (κ3) is 15.2. The molecule has 74 heavy (non-hydrogen) atoms. The molecule has 0 saturated carbocycles. The van der Waals surface area contributed by atoms with Crippen molar-refractivity contribution in [1.29, 1.82) is 5.26 Å². The maximum Gasteiger partial charge on any atom is 0.313 e. The number of carbonyl (C=O) groups excluding carboxylic acids is 2. The van der Waals surface area contributed by atoms with Gasteiger partial charge in [-0.15, -0.1) is 0 Å². The minimum atomic E-state index is -3.73. The standard InChI is InChI=1S/C53H62F4N8O8S/c1-6-20-64(50(68)39-24-38-15-14-37(26-44(38)63-45(59)27-39)36-11-8-13-41(25-36)74(69,70)65-30-35(31-65)32-66)21-9-18-60-51(62-40-12-7-10-34(23-40)29-58)61-19-17-52(2,3)72-33-53(4,5)71-22-16-46(67)73-49-47(56)42(54)28-43(55)48(49)57/h7-8,10-15,23-26,28,35,66H,6,9,16-22,27,30-33H2,1-5H3,(H2,59,63)(H2,60,61,62). The quantitative estimate of drug-likeness (QED) is 0.0106. The Labute approximate surface area is 429 Å². The number of ether oxygens (including phenoxy) is 3. The molecule has 0 radical (unpaired) electrons. The van der Waals surface area contributed by atoms with E-state index in [1.807, 2.05) is 45.0 Å². The smallest absolute Gasteiger partial charge is 0.313 e. The number of hydrogen-bond acceptors (Lipinski definition) is 12. The van der Waals surface area contributed by atoms with E-state index < -0.39 is 62.6 Å². The number of carbonyl (C=O) groups is 2. The number of nitrogens with zero attached hydrogens (tertiary/aromatic N) is 5. The molecule has 1 saturated heterocycles. The topological polar surface area (TPSA) is 221 Å². The number of sulfonamides is 1. The lowest BCUT2D eigenvalue weighted by atomic mass is 10.0. The summed E-state index contributed by atoms with van der Waals surface area (Å²) in [4.78, 5) is 37.8. The second-order valence-corrected chi connectivity index (χ2v) is 21.1. The Kier molecular flexibility index (Phi) is 19.1. The summed E-state index contributed by atoms with van der Waals surface area (Å²) in [7, 11) is -3.73. The van der Waals surface area contributed by atoms with Gasteiger partial charge in [0.25, 0.3) is 0 Å². The highest BCUT2D eigenvalue weighted by Gasteiger charge is 2.36. The molecule has 21 heteroatoms. The van der Waals surface area contributed by atoms with Crippen molar-refractivity contribution in [2.75, 3.05) is 64.4 Å². The van der Waals surface area contributed by atoms with Gasteiger partial charge in [0.05, 0.1) is 53.1 Å². The van der Waals surface area contributed by atoms with Crippen LogP contribution in [0, 0.1) is 40.5 Å². The normalized spacial score (nSPS) is 14.5. The summed E-state index contributed by atoms with van der Waals surface area (Å²) >= 11 is 0. The number of anilines is 1. The number of aliphatic imine (C=N–C) groups is 2. The third-order valence-corrected chi connectivity index (χ3v) is 13.9. The first-order valence-corrected chi connectivity index (χ1v) is 25.6. The molecule has 4 aromatic carbocycles. The van der Waals surface area contributed by atoms with Gasteiger partial charge in [0.15, 0.2) is 17.6 Å². The number of fused-ring (bicyclic) bond motifs is 1. The van der Waals surface area contributed by atoms with Gasteiger partial charge in [0, 0.05) is 81.1 Å². The van der Waals surface area contributed by atoms with Crippen LogP contribution < -0.4 is 21.1 Å². The number of hydrogen-bond donors (Lipinski definition) is 4. The second-order valence-electron chi connectivity index (χ2n) is 19.2. The summed E-state index contributed by atoms with van der Waals surface area (Å²) < 4.78 is 99.5. The lowest BCUT2D eigenvalue weighted by molar-refractivity contribution is -0.142. The van der Waals surface area contributed by atoms with E-state index in [4.69, 9.17) is 20.2 Å². The van der Waals surface area contributed by atoms with E-state index in [0.29, 0.717) is 85.0 Å². The van der Waals surface area contributed by atoms with Crippen LogP contribution in [0.25, 0.3) is 17.2 Å². The molecule has 0 aliphatic carbocycles. The SMILES string of the molecule is CCCN(CCCN=C(NCCC(C)(C)OCC(C)(C)OCCC(=O)Oc1c(F)c(F)cc(F)c1F)Nc1cccc(C#N)c1)C(=O)C1=Cc2ccc(-c3cccc(S(=O)(=O)N4CC(CO)C4)c3)cc2N=C(N)C1. The fraction of sp³-hybridized carbons (Fsp3) is 0.415. The van der Waals surface area contributed by atoms with E-state index in [2.05, 4.69) is 26.4 Å². The number of guanidine groups is 1. The first-order valence-electron chi connectivity index (χ1n) is 24.2. The van der Waals surface area contributed by atoms with Gasteiger partial charge < -0.3 is 40.6 Å². The highest BCUT2D eigenvalue weighted by molar-refractivity contribution is 7.89. The zero-order valence-electron chi connectivity index (χ0n) is 42.0. The van der Waals surface area contributed by atoms with Gasteiger partial charge in [-0.25, -0.2) is 22.2 Å². The van der Waals surface area contributed by atoms with Crippen molar-refractivity contribution in [3.63, 3.8) is 0 Å². The van der Waals surface area contributed by atoms with Gasteiger partial charge in [0.2, 0.25) is 33.3 Å². The predicted molar refractivity (Wildman–Crippen MR) is 273 cm³/mol. The maximum atomic E-state index is 14.2. The molecule has 16 nitrogen and oxygen atoms in total. The highest BCUT2D eigenvalue weighted by atomic mass is 32.2. The number of nitriles is 1. The average molecular weight is 1050 g/mol. The lowest BCUT2D eigenvalue weighted by Gasteiger charge is -2.36. The number of nitrogens with one attached hydrogen (secondary N) is 2. The fourth-order valence-corrected chi connectivity index (χ4v) is 9.53. The number of aliphatic hydroxyl groups is 1. The molecule has 1 amide bonds. The number of rotatable bonds is 23. The van der Waals surface area contributed by atoms with Crippen molar-refractivity contribution in [2.24, 2.45) is 21.6 Å². The number of amidine groups is 1. The van der Waals surface area contributed by atoms with Gasteiger partial charge in [-0.2, -0.15) is 18.3 Å². The van der Waals surface area contributed by atoms with Crippen molar-refractivity contribution >= 4 is 51.1 Å². The zero-order chi connectivity index (χ0) is 53.8. The first-order chi connectivity index (χ1) is 35.1. The molecule has 396 valence electrons. The number of halogens is 4. The number of esters is 1. The van der Waals surface area contributed by atoms with Crippen molar-refractivity contribution in [3.8, 4) is 22.9 Å². The molecule has 0 aromatic heterocycles. The predicted octanol–water partition coefficient (Wildman–Crippen LogP) is 7.83. The van der Waals surface area contributed by atoms with E-state index in [9.17, 15) is 45.9 Å². The molecule has 5 N–H and O–H groups in total. The van der Waals surface area contributed by atoms with Crippen LogP contribution in [0.4, 0.5) is 28.9 Å². The molecule has 4 aromatic rings. The van der Waals surface area contributed by atoms with E-state index in [1.54, 1.807) is 67.3 Å². The van der Waals surface area contributed by atoms with Crippen molar-refractivity contribution in [2.45, 2.75) is 82.8 Å². The Morgan fingerprint density at radius 3 is 2.38 bits per heavy atom. The third-order valence-electron chi connectivity index (χ3n) is 12.1. The summed E-state index contributed by atoms with van der Waals surface area (Å²) in [5.41, 5.74) is 8.93. The van der Waals surface area contributed by atoms with Gasteiger partial charge >= 0.3 is 5.97 Å². The van der Waals surface area contributed by atoms with E-state index in [-0.39, 0.29) is 68.0 Å². The largest absolute Gasteiger partial charge is 0.420 e. The number of aliphatic hydroxyl groups excluding tert-OH is 1. The summed E-state index contributed by atoms with van der Waals surface area (Å²) in [6, 6.07) is 21.2. The molecule has 0 atom stereocenters. The lowest BCUT2D eigenvalue weighted by Crippen LogP contribution is -2.51. The van der Waals surface area contributed by atoms with Crippen LogP contribution in [-0.4, -0.2) is 117 Å². The minimum absolute atomic E-state index is 0.0116. The van der Waals surface area contributed by atoms with E-state index in [0.717, 1.165) is 5.56 Å². The molecule has 2 aliphatic heterocycles. The van der Waals surface area contributed by atoms with Crippen molar-refractivity contribution < 1.29 is 54.9 Å². The van der Waals surface area contributed by atoms with Gasteiger partial charge in [-0.1, -0.05) is 37.3 Å². The van der Waals surface area contributed by atoms with Gasteiger partial charge in [0.1, 0.15) is 5.84 Å². The van der Waals surface area contributed by atoms with Gasteiger partial charge in [-0.3, -0.25) is 14.6 Å². The Morgan fingerprint density at radius 1 is 0.959 bits per heavy atom. The first kappa shape index (κ1) is 56.6. The van der Waals surface area contributed by atoms with Crippen molar-refractivity contribution in [1.82, 2.24) is 14.5 Å². The highest BCUT2D eigenvalue weighted by Crippen LogP contribution is 2.34. The number of nitrogens with two attached hydrogens (primary N) is 1.